The van der Waals surface area contributed by atoms with Gasteiger partial charge < -0.3 is 5.32 Å². The summed E-state index contributed by atoms with van der Waals surface area (Å²) in [5.74, 6) is -0.184. The normalized spacial score (nSPS) is 12.7. The number of amides is 1. The number of Topliss-reactive ketones (excluding diaryl/α,β-unsaturated/α-hetero) is 1. The van der Waals surface area contributed by atoms with Crippen molar-refractivity contribution in [2.75, 3.05) is 5.32 Å². The van der Waals surface area contributed by atoms with Crippen LogP contribution in [-0.4, -0.2) is 16.7 Å². The predicted octanol–water partition coefficient (Wildman–Crippen LogP) is 4.13. The number of carbonyl (C=O) groups is 2. The van der Waals surface area contributed by atoms with Gasteiger partial charge in [-0.25, -0.2) is 0 Å². The molecule has 1 heterocycles. The molecule has 0 aliphatic heterocycles. The Bertz CT molecular complexity index is 950. The average Bonchev–Trinajstić information content (AvgIpc) is 3.06. The first-order valence-corrected chi connectivity index (χ1v) is 8.20. The van der Waals surface area contributed by atoms with Crippen molar-refractivity contribution in [2.45, 2.75) is 12.8 Å². The van der Waals surface area contributed by atoms with E-state index >= 15 is 0 Å². The van der Waals surface area contributed by atoms with E-state index in [0.29, 0.717) is 29.7 Å². The van der Waals surface area contributed by atoms with E-state index in [1.807, 2.05) is 42.5 Å². The zero-order chi connectivity index (χ0) is 17.2. The maximum Gasteiger partial charge on any atom is 0.257 e. The number of ketones is 1. The topological polar surface area (TPSA) is 59.1 Å². The molecule has 25 heavy (non-hydrogen) atoms. The van der Waals surface area contributed by atoms with Crippen LogP contribution in [0, 0.1) is 0 Å². The summed E-state index contributed by atoms with van der Waals surface area (Å²) in [4.78, 5) is 28.8. The van der Waals surface area contributed by atoms with Crippen molar-refractivity contribution in [3.05, 3.63) is 83.7 Å². The minimum absolute atomic E-state index is 0.0780. The summed E-state index contributed by atoms with van der Waals surface area (Å²) < 4.78 is 0. The Hall–Kier alpha value is -3.27. The van der Waals surface area contributed by atoms with E-state index < -0.39 is 0 Å². The molecule has 1 aliphatic rings. The first-order valence-electron chi connectivity index (χ1n) is 8.20. The number of fused-ring (bicyclic) bond motifs is 1. The lowest BCUT2D eigenvalue weighted by molar-refractivity contribution is 0.0995. The molecule has 4 rings (SSSR count). The summed E-state index contributed by atoms with van der Waals surface area (Å²) in [6.07, 6.45) is 4.31. The third-order valence-corrected chi connectivity index (χ3v) is 4.45. The molecule has 1 amide bonds. The molecule has 0 saturated heterocycles. The molecule has 0 spiro atoms. The van der Waals surface area contributed by atoms with Gasteiger partial charge >= 0.3 is 0 Å². The lowest BCUT2D eigenvalue weighted by atomic mass is 9.95. The van der Waals surface area contributed by atoms with Crippen LogP contribution in [0.2, 0.25) is 0 Å². The molecule has 0 saturated carbocycles. The molecular weight excluding hydrogens is 312 g/mol. The zero-order valence-electron chi connectivity index (χ0n) is 13.5. The lowest BCUT2D eigenvalue weighted by Gasteiger charge is -2.13. The average molecular weight is 328 g/mol. The van der Waals surface area contributed by atoms with Crippen molar-refractivity contribution in [3.8, 4) is 11.1 Å². The Morgan fingerprint density at radius 1 is 0.960 bits per heavy atom. The van der Waals surface area contributed by atoms with Crippen LogP contribution in [-0.2, 0) is 6.42 Å². The Morgan fingerprint density at radius 3 is 2.56 bits per heavy atom. The summed E-state index contributed by atoms with van der Waals surface area (Å²) in [6.45, 7) is 0. The number of nitrogens with zero attached hydrogens (tertiary/aromatic N) is 1. The number of anilines is 1. The van der Waals surface area contributed by atoms with Gasteiger partial charge in [-0.3, -0.25) is 14.6 Å². The molecule has 3 aromatic rings. The largest absolute Gasteiger partial charge is 0.321 e. The smallest absolute Gasteiger partial charge is 0.257 e. The van der Waals surface area contributed by atoms with Crippen molar-refractivity contribution >= 4 is 17.4 Å². The second kappa shape index (κ2) is 6.32. The van der Waals surface area contributed by atoms with E-state index in [1.165, 1.54) is 6.20 Å². The first kappa shape index (κ1) is 15.3. The maximum atomic E-state index is 12.4. The van der Waals surface area contributed by atoms with E-state index in [0.717, 1.165) is 16.7 Å². The number of benzene rings is 2. The van der Waals surface area contributed by atoms with Crippen LogP contribution >= 0.6 is 0 Å². The molecule has 0 radical (unpaired) electrons. The minimum Gasteiger partial charge on any atom is -0.321 e. The number of nitrogens with one attached hydrogen (secondary N) is 1. The van der Waals surface area contributed by atoms with Crippen molar-refractivity contribution < 1.29 is 9.59 Å². The van der Waals surface area contributed by atoms with Gasteiger partial charge in [0.1, 0.15) is 0 Å². The number of pyridine rings is 1. The summed E-state index contributed by atoms with van der Waals surface area (Å²) in [5.41, 5.74) is 4.83. The SMILES string of the molecule is O=C(Nc1ccc(-c2ccccc2)c2c1C(=O)CC2)c1cccnc1. The first-order chi connectivity index (χ1) is 12.2. The molecule has 1 N–H and O–H groups in total. The van der Waals surface area contributed by atoms with Crippen molar-refractivity contribution in [1.29, 1.82) is 0 Å². The van der Waals surface area contributed by atoms with Crippen molar-refractivity contribution in [1.82, 2.24) is 4.98 Å². The molecule has 0 bridgehead atoms. The molecule has 0 atom stereocenters. The van der Waals surface area contributed by atoms with Gasteiger partial charge in [0, 0.05) is 24.4 Å². The van der Waals surface area contributed by atoms with Gasteiger partial charge in [0.05, 0.1) is 11.3 Å². The molecule has 4 nitrogen and oxygen atoms in total. The fourth-order valence-electron chi connectivity index (χ4n) is 3.27. The molecule has 0 fully saturated rings. The second-order valence-electron chi connectivity index (χ2n) is 6.00. The van der Waals surface area contributed by atoms with Gasteiger partial charge in [-0.2, -0.15) is 0 Å². The number of hydrogen-bond acceptors (Lipinski definition) is 3. The highest BCUT2D eigenvalue weighted by molar-refractivity contribution is 6.12. The van der Waals surface area contributed by atoms with Gasteiger partial charge in [-0.15, -0.1) is 0 Å². The minimum atomic E-state index is -0.262. The number of rotatable bonds is 3. The number of aromatic nitrogens is 1. The van der Waals surface area contributed by atoms with Crippen LogP contribution < -0.4 is 5.32 Å². The fourth-order valence-corrected chi connectivity index (χ4v) is 3.27. The third-order valence-electron chi connectivity index (χ3n) is 4.45. The molecule has 1 aliphatic carbocycles. The Balaban J connectivity index is 1.74. The molecule has 1 aromatic heterocycles. The summed E-state index contributed by atoms with van der Waals surface area (Å²) >= 11 is 0. The zero-order valence-corrected chi connectivity index (χ0v) is 13.5. The highest BCUT2D eigenvalue weighted by Gasteiger charge is 2.27. The summed E-state index contributed by atoms with van der Waals surface area (Å²) in [7, 11) is 0. The predicted molar refractivity (Wildman–Crippen MR) is 96.7 cm³/mol. The fraction of sp³-hybridized carbons (Fsp3) is 0.0952. The Kier molecular flexibility index (Phi) is 3.86. The van der Waals surface area contributed by atoms with Crippen LogP contribution in [0.25, 0.3) is 11.1 Å². The van der Waals surface area contributed by atoms with Gasteiger partial charge in [-0.1, -0.05) is 36.4 Å². The molecule has 0 unspecified atom stereocenters. The van der Waals surface area contributed by atoms with Crippen LogP contribution in [0.4, 0.5) is 5.69 Å². The van der Waals surface area contributed by atoms with E-state index in [1.54, 1.807) is 18.3 Å². The standard InChI is InChI=1S/C21H16N2O2/c24-19-11-9-17-16(14-5-2-1-3-6-14)8-10-18(20(17)19)23-21(25)15-7-4-12-22-13-15/h1-8,10,12-13H,9,11H2,(H,23,25). The highest BCUT2D eigenvalue weighted by Crippen LogP contribution is 2.37. The maximum absolute atomic E-state index is 12.4. The number of hydrogen-bond donors (Lipinski definition) is 1. The monoisotopic (exact) mass is 328 g/mol. The van der Waals surface area contributed by atoms with Crippen LogP contribution in [0.15, 0.2) is 67.0 Å². The lowest BCUT2D eigenvalue weighted by Crippen LogP contribution is -2.14. The van der Waals surface area contributed by atoms with Gasteiger partial charge in [0.25, 0.3) is 5.91 Å². The molecule has 2 aromatic carbocycles. The van der Waals surface area contributed by atoms with Crippen molar-refractivity contribution in [2.24, 2.45) is 0 Å². The highest BCUT2D eigenvalue weighted by atomic mass is 16.2. The van der Waals surface area contributed by atoms with Gasteiger partial charge in [0.2, 0.25) is 0 Å². The van der Waals surface area contributed by atoms with Gasteiger partial charge in [-0.05, 0) is 41.3 Å². The molecule has 122 valence electrons. The van der Waals surface area contributed by atoms with Crippen molar-refractivity contribution in [3.63, 3.8) is 0 Å². The molecule has 4 heteroatoms. The Labute approximate surface area is 145 Å². The van der Waals surface area contributed by atoms with Crippen LogP contribution in [0.5, 0.6) is 0 Å². The van der Waals surface area contributed by atoms with E-state index in [2.05, 4.69) is 10.3 Å². The van der Waals surface area contributed by atoms with E-state index in [4.69, 9.17) is 0 Å². The second-order valence-corrected chi connectivity index (χ2v) is 6.00. The third kappa shape index (κ3) is 2.83. The van der Waals surface area contributed by atoms with E-state index in [9.17, 15) is 9.59 Å². The molecular formula is C21H16N2O2. The summed E-state index contributed by atoms with van der Waals surface area (Å²) in [6, 6.07) is 17.2. The quantitative estimate of drug-likeness (QED) is 0.786. The van der Waals surface area contributed by atoms with Gasteiger partial charge in [0.15, 0.2) is 5.78 Å². The summed E-state index contributed by atoms with van der Waals surface area (Å²) in [5, 5.41) is 2.87. The van der Waals surface area contributed by atoms with Crippen LogP contribution in [0.1, 0.15) is 32.7 Å². The Morgan fingerprint density at radius 2 is 1.80 bits per heavy atom. The van der Waals surface area contributed by atoms with Crippen LogP contribution in [0.3, 0.4) is 0 Å². The number of carbonyl (C=O) groups excluding carboxylic acids is 2. The van der Waals surface area contributed by atoms with E-state index in [-0.39, 0.29) is 11.7 Å².